The van der Waals surface area contributed by atoms with Gasteiger partial charge in [0.1, 0.15) is 6.10 Å². The van der Waals surface area contributed by atoms with Crippen LogP contribution < -0.4 is 0 Å². The second-order valence-corrected chi connectivity index (χ2v) is 7.10. The van der Waals surface area contributed by atoms with Gasteiger partial charge in [0, 0.05) is 18.4 Å². The molecule has 3 fully saturated rings. The Hall–Kier alpha value is -1.65. The van der Waals surface area contributed by atoms with Crippen molar-refractivity contribution in [2.75, 3.05) is 0 Å². The molecule has 5 heteroatoms. The van der Waals surface area contributed by atoms with E-state index in [9.17, 15) is 14.4 Å². The molecule has 1 heterocycles. The molecule has 120 valence electrons. The number of carbonyl (C=O) groups is 3. The molecule has 2 saturated carbocycles. The fourth-order valence-corrected chi connectivity index (χ4v) is 4.71. The number of esters is 2. The fraction of sp³-hybridized carbons (Fsp3) is 0.706. The number of fused-ring (bicyclic) bond motifs is 3. The molecule has 5 nitrogen and oxygen atoms in total. The maximum Gasteiger partial charge on any atom is 0.334 e. The van der Waals surface area contributed by atoms with Crippen molar-refractivity contribution in [1.29, 1.82) is 0 Å². The lowest BCUT2D eigenvalue weighted by molar-refractivity contribution is -0.159. The number of carbonyl (C=O) groups excluding carboxylic acids is 3. The minimum atomic E-state index is -0.796. The third-order valence-electron chi connectivity index (χ3n) is 5.89. The van der Waals surface area contributed by atoms with Crippen molar-refractivity contribution in [3.05, 3.63) is 12.2 Å². The van der Waals surface area contributed by atoms with Crippen LogP contribution in [0.5, 0.6) is 0 Å². The topological polar surface area (TPSA) is 69.7 Å². The molecule has 0 aromatic heterocycles. The third kappa shape index (κ3) is 1.94. The van der Waals surface area contributed by atoms with E-state index >= 15 is 0 Å². The molecule has 0 radical (unpaired) electrons. The van der Waals surface area contributed by atoms with Crippen LogP contribution in [0.15, 0.2) is 12.2 Å². The summed E-state index contributed by atoms with van der Waals surface area (Å²) in [5.41, 5.74) is -0.321. The molecule has 22 heavy (non-hydrogen) atoms. The first-order chi connectivity index (χ1) is 10.3. The molecule has 0 N–H and O–H groups in total. The van der Waals surface area contributed by atoms with Gasteiger partial charge in [0.2, 0.25) is 0 Å². The van der Waals surface area contributed by atoms with E-state index in [4.69, 9.17) is 9.47 Å². The van der Waals surface area contributed by atoms with Gasteiger partial charge in [0.25, 0.3) is 0 Å². The molecule has 0 aromatic rings. The van der Waals surface area contributed by atoms with Crippen molar-refractivity contribution >= 4 is 17.7 Å². The van der Waals surface area contributed by atoms with Gasteiger partial charge in [0.05, 0.1) is 5.41 Å². The van der Waals surface area contributed by atoms with Crippen molar-refractivity contribution in [2.24, 2.45) is 23.2 Å². The predicted molar refractivity (Wildman–Crippen MR) is 77.7 cm³/mol. The zero-order chi connectivity index (χ0) is 16.2. The summed E-state index contributed by atoms with van der Waals surface area (Å²) in [4.78, 5) is 36.1. The van der Waals surface area contributed by atoms with E-state index in [2.05, 4.69) is 13.5 Å². The average Bonchev–Trinajstić information content (AvgIpc) is 2.83. The lowest BCUT2D eigenvalue weighted by Crippen LogP contribution is -2.46. The molecule has 0 bridgehead atoms. The first-order valence-electron chi connectivity index (χ1n) is 7.88. The SMILES string of the molecule is C=C1C(=O)O[C@@H]2[C@H]1CC[C@H](C)C1C[C@H](OC(C)=O)C(=O)[C@]12C. The normalized spacial score (nSPS) is 44.1. The van der Waals surface area contributed by atoms with E-state index in [0.717, 1.165) is 12.8 Å². The van der Waals surface area contributed by atoms with E-state index < -0.39 is 29.6 Å². The average molecular weight is 306 g/mol. The summed E-state index contributed by atoms with van der Waals surface area (Å²) >= 11 is 0. The van der Waals surface area contributed by atoms with Crippen molar-refractivity contribution < 1.29 is 23.9 Å². The molecule has 0 spiro atoms. The van der Waals surface area contributed by atoms with Gasteiger partial charge >= 0.3 is 11.9 Å². The van der Waals surface area contributed by atoms with Crippen molar-refractivity contribution in [3.8, 4) is 0 Å². The Morgan fingerprint density at radius 1 is 1.36 bits per heavy atom. The van der Waals surface area contributed by atoms with Gasteiger partial charge in [-0.3, -0.25) is 9.59 Å². The zero-order valence-electron chi connectivity index (χ0n) is 13.3. The van der Waals surface area contributed by atoms with Crippen LogP contribution in [-0.4, -0.2) is 29.9 Å². The highest BCUT2D eigenvalue weighted by Crippen LogP contribution is 2.56. The highest BCUT2D eigenvalue weighted by atomic mass is 16.6. The Labute approximate surface area is 130 Å². The van der Waals surface area contributed by atoms with Crippen LogP contribution in [0.4, 0.5) is 0 Å². The monoisotopic (exact) mass is 306 g/mol. The number of hydrogen-bond acceptors (Lipinski definition) is 5. The van der Waals surface area contributed by atoms with E-state index in [-0.39, 0.29) is 17.6 Å². The highest BCUT2D eigenvalue weighted by molar-refractivity contribution is 5.96. The lowest BCUT2D eigenvalue weighted by atomic mass is 9.68. The van der Waals surface area contributed by atoms with Gasteiger partial charge in [-0.1, -0.05) is 13.5 Å². The van der Waals surface area contributed by atoms with Crippen molar-refractivity contribution in [1.82, 2.24) is 0 Å². The maximum atomic E-state index is 13.0. The summed E-state index contributed by atoms with van der Waals surface area (Å²) in [6, 6.07) is 0. The smallest absolute Gasteiger partial charge is 0.334 e. The summed E-state index contributed by atoms with van der Waals surface area (Å²) < 4.78 is 10.8. The summed E-state index contributed by atoms with van der Waals surface area (Å²) in [5.74, 6) is -0.697. The number of Topliss-reactive ketones (excluding diaryl/α,β-unsaturated/α-hetero) is 1. The Bertz CT molecular complexity index is 565. The van der Waals surface area contributed by atoms with Gasteiger partial charge in [-0.05, 0) is 38.0 Å². The van der Waals surface area contributed by atoms with Crippen LogP contribution >= 0.6 is 0 Å². The second-order valence-electron chi connectivity index (χ2n) is 7.10. The molecule has 0 amide bonds. The summed E-state index contributed by atoms with van der Waals surface area (Å²) in [6.45, 7) is 9.16. The highest BCUT2D eigenvalue weighted by Gasteiger charge is 2.64. The Morgan fingerprint density at radius 2 is 2.05 bits per heavy atom. The minimum Gasteiger partial charge on any atom is -0.457 e. The van der Waals surface area contributed by atoms with Gasteiger partial charge in [-0.2, -0.15) is 0 Å². The van der Waals surface area contributed by atoms with Gasteiger partial charge in [0.15, 0.2) is 11.9 Å². The van der Waals surface area contributed by atoms with Crippen molar-refractivity contribution in [3.63, 3.8) is 0 Å². The first-order valence-corrected chi connectivity index (χ1v) is 7.88. The Morgan fingerprint density at radius 3 is 2.68 bits per heavy atom. The van der Waals surface area contributed by atoms with Crippen LogP contribution in [0.3, 0.4) is 0 Å². The summed E-state index contributed by atoms with van der Waals surface area (Å²) in [6.07, 6.45) is 1.05. The minimum absolute atomic E-state index is 0.0537. The van der Waals surface area contributed by atoms with Crippen LogP contribution in [0.2, 0.25) is 0 Å². The van der Waals surface area contributed by atoms with E-state index in [1.807, 2.05) is 6.92 Å². The van der Waals surface area contributed by atoms with Crippen LogP contribution in [0.1, 0.15) is 40.0 Å². The summed E-state index contributed by atoms with van der Waals surface area (Å²) in [5, 5.41) is 0. The summed E-state index contributed by atoms with van der Waals surface area (Å²) in [7, 11) is 0. The largest absolute Gasteiger partial charge is 0.457 e. The van der Waals surface area contributed by atoms with Crippen LogP contribution in [0.25, 0.3) is 0 Å². The molecule has 6 atom stereocenters. The molecule has 1 aliphatic heterocycles. The predicted octanol–water partition coefficient (Wildman–Crippen LogP) is 2.04. The number of rotatable bonds is 1. The number of ether oxygens (including phenoxy) is 2. The Kier molecular flexibility index (Phi) is 3.42. The quantitative estimate of drug-likeness (QED) is 0.548. The van der Waals surface area contributed by atoms with Crippen molar-refractivity contribution in [2.45, 2.75) is 52.2 Å². The first kappa shape index (κ1) is 15.3. The van der Waals surface area contributed by atoms with E-state index in [0.29, 0.717) is 17.9 Å². The maximum absolute atomic E-state index is 13.0. The van der Waals surface area contributed by atoms with Gasteiger partial charge < -0.3 is 9.47 Å². The van der Waals surface area contributed by atoms with Gasteiger partial charge in [-0.15, -0.1) is 0 Å². The van der Waals surface area contributed by atoms with Crippen LogP contribution in [-0.2, 0) is 23.9 Å². The number of ketones is 1. The third-order valence-corrected chi connectivity index (χ3v) is 5.89. The number of hydrogen-bond donors (Lipinski definition) is 0. The molecule has 3 aliphatic rings. The molecule has 2 aliphatic carbocycles. The lowest BCUT2D eigenvalue weighted by Gasteiger charge is -2.36. The standard InChI is InChI=1S/C17H22O5/c1-8-5-6-11-9(2)16(20)22-15(11)17(4)12(8)7-13(14(17)19)21-10(3)18/h8,11-13,15H,2,5-7H2,1,3-4H3/t8-,11-,12?,13-,15+,17-/m0/s1. The van der Waals surface area contributed by atoms with E-state index in [1.54, 1.807) is 0 Å². The second kappa shape index (κ2) is 4.93. The van der Waals surface area contributed by atoms with E-state index in [1.165, 1.54) is 6.92 Å². The zero-order valence-corrected chi connectivity index (χ0v) is 13.3. The molecular weight excluding hydrogens is 284 g/mol. The molecule has 1 saturated heterocycles. The van der Waals surface area contributed by atoms with Gasteiger partial charge in [-0.25, -0.2) is 4.79 Å². The van der Waals surface area contributed by atoms with Crippen LogP contribution in [0, 0.1) is 23.2 Å². The fourth-order valence-electron chi connectivity index (χ4n) is 4.71. The molecular formula is C17H22O5. The Balaban J connectivity index is 2.01. The molecule has 1 unspecified atom stereocenters. The molecule has 3 rings (SSSR count). The molecule has 0 aromatic carbocycles.